The van der Waals surface area contributed by atoms with Crippen molar-refractivity contribution in [2.45, 2.75) is 6.04 Å². The third-order valence-corrected chi connectivity index (χ3v) is 4.84. The zero-order chi connectivity index (χ0) is 22.4. The Kier molecular flexibility index (Phi) is 7.23. The second kappa shape index (κ2) is 10.1. The van der Waals surface area contributed by atoms with Crippen LogP contribution >= 0.6 is 23.2 Å². The van der Waals surface area contributed by atoms with Crippen molar-refractivity contribution in [3.8, 4) is 11.5 Å². The number of nitrogens with zero attached hydrogens (tertiary/aromatic N) is 3. The highest BCUT2D eigenvalue weighted by Crippen LogP contribution is 2.29. The van der Waals surface area contributed by atoms with Crippen LogP contribution < -0.4 is 0 Å². The number of aliphatic imine (C=N–C) groups is 2. The highest BCUT2D eigenvalue weighted by atomic mass is 35.5. The number of phenolic OH excluding ortho intramolecular Hbond substituents is 2. The van der Waals surface area contributed by atoms with Crippen LogP contribution in [0.15, 0.2) is 70.6 Å². The lowest BCUT2D eigenvalue weighted by molar-refractivity contribution is -0.385. The number of halogens is 2. The maximum absolute atomic E-state index is 11.5. The van der Waals surface area contributed by atoms with Gasteiger partial charge >= 0.3 is 0 Å². The summed E-state index contributed by atoms with van der Waals surface area (Å²) >= 11 is 11.9. The topological polar surface area (TPSA) is 108 Å². The molecule has 0 saturated carbocycles. The fourth-order valence-electron chi connectivity index (χ4n) is 2.84. The van der Waals surface area contributed by atoms with Crippen LogP contribution in [0.1, 0.15) is 22.7 Å². The monoisotopic (exact) mass is 457 g/mol. The maximum Gasteiger partial charge on any atom is 0.274 e. The molecule has 0 aromatic heterocycles. The van der Waals surface area contributed by atoms with Gasteiger partial charge in [0.2, 0.25) is 0 Å². The number of para-hydroxylation sites is 1. The molecule has 31 heavy (non-hydrogen) atoms. The zero-order valence-corrected chi connectivity index (χ0v) is 17.5. The van der Waals surface area contributed by atoms with E-state index < -0.39 is 11.0 Å². The molecular weight excluding hydrogens is 441 g/mol. The summed E-state index contributed by atoms with van der Waals surface area (Å²) in [5.41, 5.74) is 1.04. The van der Waals surface area contributed by atoms with Gasteiger partial charge in [0.1, 0.15) is 17.5 Å². The van der Waals surface area contributed by atoms with E-state index >= 15 is 0 Å². The third-order valence-electron chi connectivity index (χ3n) is 4.37. The summed E-state index contributed by atoms with van der Waals surface area (Å²) in [7, 11) is 0. The van der Waals surface area contributed by atoms with Crippen LogP contribution in [0.5, 0.6) is 11.5 Å². The molecule has 3 rings (SSSR count). The Morgan fingerprint density at radius 1 is 0.935 bits per heavy atom. The van der Waals surface area contributed by atoms with Crippen molar-refractivity contribution in [1.82, 2.24) is 0 Å². The van der Waals surface area contributed by atoms with Crippen LogP contribution in [0.3, 0.4) is 0 Å². The van der Waals surface area contributed by atoms with Crippen LogP contribution in [-0.2, 0) is 0 Å². The average Bonchev–Trinajstić information content (AvgIpc) is 2.75. The number of hydrogen-bond donors (Lipinski definition) is 2. The summed E-state index contributed by atoms with van der Waals surface area (Å²) in [5, 5.41) is 32.3. The Bertz CT molecular complexity index is 1170. The quantitative estimate of drug-likeness (QED) is 0.273. The molecule has 0 fully saturated rings. The van der Waals surface area contributed by atoms with Gasteiger partial charge in [0, 0.05) is 39.7 Å². The molecule has 2 N–H and O–H groups in total. The molecule has 0 aliphatic rings. The number of nitro benzene ring substituents is 1. The van der Waals surface area contributed by atoms with Gasteiger partial charge in [-0.1, -0.05) is 35.3 Å². The first-order valence-electron chi connectivity index (χ1n) is 9.08. The molecule has 0 bridgehead atoms. The van der Waals surface area contributed by atoms with Crippen molar-refractivity contribution >= 4 is 41.3 Å². The first-order chi connectivity index (χ1) is 14.8. The summed E-state index contributed by atoms with van der Waals surface area (Å²) in [6.45, 7) is 0.0502. The summed E-state index contributed by atoms with van der Waals surface area (Å²) in [4.78, 5) is 19.7. The second-order valence-electron chi connectivity index (χ2n) is 6.51. The minimum absolute atomic E-state index is 0.00254. The van der Waals surface area contributed by atoms with E-state index in [0.29, 0.717) is 26.7 Å². The van der Waals surface area contributed by atoms with E-state index in [1.165, 1.54) is 42.8 Å². The second-order valence-corrected chi connectivity index (χ2v) is 7.38. The molecule has 0 aliphatic carbocycles. The minimum atomic E-state index is -0.724. The van der Waals surface area contributed by atoms with E-state index in [2.05, 4.69) is 9.98 Å². The predicted octanol–water partition coefficient (Wildman–Crippen LogP) is 5.59. The molecule has 158 valence electrons. The number of aromatic hydroxyl groups is 2. The maximum atomic E-state index is 11.5. The van der Waals surface area contributed by atoms with Gasteiger partial charge in [0.15, 0.2) is 0 Å². The fourth-order valence-corrected chi connectivity index (χ4v) is 3.20. The highest BCUT2D eigenvalue weighted by molar-refractivity contribution is 6.31. The van der Waals surface area contributed by atoms with Gasteiger partial charge < -0.3 is 10.2 Å². The van der Waals surface area contributed by atoms with Crippen molar-refractivity contribution in [1.29, 1.82) is 0 Å². The van der Waals surface area contributed by atoms with Gasteiger partial charge in [-0.25, -0.2) is 0 Å². The lowest BCUT2D eigenvalue weighted by Crippen LogP contribution is -2.05. The fraction of sp³-hybridized carbons (Fsp3) is 0.0909. The largest absolute Gasteiger partial charge is 0.507 e. The lowest BCUT2D eigenvalue weighted by atomic mass is 10.0. The van der Waals surface area contributed by atoms with Crippen molar-refractivity contribution in [2.24, 2.45) is 9.98 Å². The van der Waals surface area contributed by atoms with Gasteiger partial charge in [0.25, 0.3) is 5.69 Å². The van der Waals surface area contributed by atoms with Crippen molar-refractivity contribution < 1.29 is 15.1 Å². The molecule has 0 aliphatic heterocycles. The molecule has 0 spiro atoms. The summed E-state index contributed by atoms with van der Waals surface area (Å²) < 4.78 is 0. The Labute approximate surface area is 188 Å². The summed E-state index contributed by atoms with van der Waals surface area (Å²) in [5.74, 6) is -0.0236. The molecule has 0 saturated heterocycles. The van der Waals surface area contributed by atoms with E-state index in [0.717, 1.165) is 0 Å². The normalized spacial score (nSPS) is 12.5. The molecule has 3 aromatic carbocycles. The van der Waals surface area contributed by atoms with Gasteiger partial charge in [-0.3, -0.25) is 20.1 Å². The molecule has 7 nitrogen and oxygen atoms in total. The number of nitro groups is 1. The van der Waals surface area contributed by atoms with E-state index in [9.17, 15) is 20.3 Å². The van der Waals surface area contributed by atoms with Crippen LogP contribution in [0.25, 0.3) is 0 Å². The van der Waals surface area contributed by atoms with Crippen molar-refractivity contribution in [3.63, 3.8) is 0 Å². The SMILES string of the molecule is O=[N+]([O-])c1ccccc1[C@H](CN=Cc1cc(Cl)ccc1O)N=Cc1cc(Cl)ccc1O. The Balaban J connectivity index is 1.95. The number of phenols is 2. The molecule has 0 unspecified atom stereocenters. The smallest absolute Gasteiger partial charge is 0.274 e. The first kappa shape index (κ1) is 22.3. The van der Waals surface area contributed by atoms with Gasteiger partial charge in [-0.05, 0) is 42.5 Å². The van der Waals surface area contributed by atoms with E-state index in [4.69, 9.17) is 23.2 Å². The Morgan fingerprint density at radius 3 is 2.13 bits per heavy atom. The highest BCUT2D eigenvalue weighted by Gasteiger charge is 2.20. The van der Waals surface area contributed by atoms with Gasteiger partial charge in [-0.15, -0.1) is 0 Å². The molecular formula is C22H17Cl2N3O4. The van der Waals surface area contributed by atoms with Crippen LogP contribution in [0.4, 0.5) is 5.69 Å². The average molecular weight is 458 g/mol. The van der Waals surface area contributed by atoms with Crippen molar-refractivity contribution in [3.05, 3.63) is 97.5 Å². The van der Waals surface area contributed by atoms with E-state index in [-0.39, 0.29) is 23.7 Å². The molecule has 0 heterocycles. The van der Waals surface area contributed by atoms with Gasteiger partial charge in [-0.2, -0.15) is 0 Å². The van der Waals surface area contributed by atoms with Crippen molar-refractivity contribution in [2.75, 3.05) is 6.54 Å². The minimum Gasteiger partial charge on any atom is -0.507 e. The summed E-state index contributed by atoms with van der Waals surface area (Å²) in [6, 6.07) is 14.6. The number of rotatable bonds is 7. The molecule has 1 atom stereocenters. The standard InChI is InChI=1S/C22H17Cl2N3O4/c23-16-5-7-21(28)14(9-16)11-25-13-19(18-3-1-2-4-20(18)27(30)31)26-12-15-10-17(24)6-8-22(15)29/h1-12,19,28-29H,13H2/t19-/m0/s1. The van der Waals surface area contributed by atoms with E-state index in [1.54, 1.807) is 30.3 Å². The molecule has 0 amide bonds. The predicted molar refractivity (Wildman–Crippen MR) is 122 cm³/mol. The Morgan fingerprint density at radius 2 is 1.52 bits per heavy atom. The molecule has 9 heteroatoms. The van der Waals surface area contributed by atoms with E-state index in [1.807, 2.05) is 0 Å². The molecule has 0 radical (unpaired) electrons. The van der Waals surface area contributed by atoms with Crippen LogP contribution in [0.2, 0.25) is 10.0 Å². The zero-order valence-electron chi connectivity index (χ0n) is 16.0. The van der Waals surface area contributed by atoms with Gasteiger partial charge in [0.05, 0.1) is 17.0 Å². The number of hydrogen-bond acceptors (Lipinski definition) is 6. The number of benzene rings is 3. The molecule has 3 aromatic rings. The van der Waals surface area contributed by atoms with Crippen LogP contribution in [0, 0.1) is 10.1 Å². The summed E-state index contributed by atoms with van der Waals surface area (Å²) in [6.07, 6.45) is 2.82. The Hall–Kier alpha value is -3.42. The lowest BCUT2D eigenvalue weighted by Gasteiger charge is -2.11. The third kappa shape index (κ3) is 5.81. The van der Waals surface area contributed by atoms with Crippen LogP contribution in [-0.4, -0.2) is 34.1 Å². The first-order valence-corrected chi connectivity index (χ1v) is 9.84.